The average Bonchev–Trinajstić information content (AvgIpc) is 1.63. The normalized spacial score (nSPS) is 10.6. The molecule has 0 atom stereocenters. The Morgan fingerprint density at radius 1 is 1.50 bits per heavy atom. The van der Waals surface area contributed by atoms with Crippen molar-refractivity contribution in [2.45, 2.75) is 6.42 Å². The van der Waals surface area contributed by atoms with Crippen LogP contribution in [-0.2, 0) is 14.9 Å². The van der Waals surface area contributed by atoms with Crippen molar-refractivity contribution in [3.63, 3.8) is 0 Å². The maximum absolute atomic E-state index is 9.89. The van der Waals surface area contributed by atoms with Crippen LogP contribution < -0.4 is 29.6 Å². The summed E-state index contributed by atoms with van der Waals surface area (Å²) in [4.78, 5) is 0. The van der Waals surface area contributed by atoms with E-state index in [1.54, 1.807) is 0 Å². The van der Waals surface area contributed by atoms with Gasteiger partial charge >= 0.3 is 29.6 Å². The zero-order valence-corrected chi connectivity index (χ0v) is 8.98. The molecule has 0 aliphatic carbocycles. The summed E-state index contributed by atoms with van der Waals surface area (Å²) < 4.78 is 34.2. The minimum atomic E-state index is -4.03. The van der Waals surface area contributed by atoms with E-state index in [-0.39, 0.29) is 41.7 Å². The molecule has 0 spiro atoms. The van der Waals surface area contributed by atoms with Gasteiger partial charge in [0.25, 0.3) is 0 Å². The van der Waals surface area contributed by atoms with Crippen LogP contribution in [0.5, 0.6) is 0 Å². The van der Waals surface area contributed by atoms with Crippen molar-refractivity contribution < 1.29 is 47.3 Å². The topological polar surface area (TPSA) is 66.4 Å². The molecule has 56 valence electrons. The molecule has 0 saturated carbocycles. The van der Waals surface area contributed by atoms with Crippen LogP contribution in [0.1, 0.15) is 6.42 Å². The Hall–Kier alpha value is 0.870. The van der Waals surface area contributed by atoms with Gasteiger partial charge < -0.3 is 9.29 Å². The Morgan fingerprint density at radius 2 is 2.00 bits per heavy atom. The quantitative estimate of drug-likeness (QED) is 0.254. The number of rotatable bonds is 4. The Labute approximate surface area is 83.0 Å². The molecular weight excluding hydrogens is 167 g/mol. The van der Waals surface area contributed by atoms with Gasteiger partial charge in [0.1, 0.15) is 0 Å². The third-order valence-corrected chi connectivity index (χ3v) is 1.53. The molecule has 0 heterocycles. The maximum Gasteiger partial charge on any atom is 1.00 e. The fraction of sp³-hybridized carbons (Fsp3) is 1.00. The van der Waals surface area contributed by atoms with Crippen LogP contribution in [0.4, 0.5) is 0 Å². The van der Waals surface area contributed by atoms with Gasteiger partial charge in [-0.25, -0.2) is 8.42 Å². The minimum absolute atomic E-state index is 0. The maximum atomic E-state index is 9.89. The molecule has 0 aromatic heterocycles. The second-order valence-electron chi connectivity index (χ2n) is 1.61. The van der Waals surface area contributed by atoms with Gasteiger partial charge in [-0.3, -0.25) is 0 Å². The first-order chi connectivity index (χ1) is 4.06. The number of ether oxygens (including phenoxy) is 1. The summed E-state index contributed by atoms with van der Waals surface area (Å²) in [5.74, 6) is -0.332. The largest absolute Gasteiger partial charge is 1.00 e. The van der Waals surface area contributed by atoms with E-state index in [1.807, 2.05) is 0 Å². The first-order valence-electron chi connectivity index (χ1n) is 2.49. The van der Waals surface area contributed by atoms with Gasteiger partial charge in [-0.1, -0.05) is 0 Å². The van der Waals surface area contributed by atoms with Gasteiger partial charge in [-0.15, -0.1) is 0 Å². The van der Waals surface area contributed by atoms with E-state index in [0.29, 0.717) is 6.61 Å². The molecule has 0 aromatic rings. The predicted octanol–water partition coefficient (Wildman–Crippen LogP) is -3.43. The van der Waals surface area contributed by atoms with Crippen molar-refractivity contribution in [2.24, 2.45) is 0 Å². The summed E-state index contributed by atoms with van der Waals surface area (Å²) in [7, 11) is -2.57. The van der Waals surface area contributed by atoms with Gasteiger partial charge in [-0.2, -0.15) is 0 Å². The SMILES string of the molecule is COCCCS(=O)(=O)[O-].[Na+]. The number of methoxy groups -OCH3 is 1. The molecule has 6 heteroatoms. The molecule has 0 radical (unpaired) electrons. The molecule has 0 aliphatic rings. The second kappa shape index (κ2) is 6.57. The van der Waals surface area contributed by atoms with Gasteiger partial charge in [0.15, 0.2) is 0 Å². The monoisotopic (exact) mass is 176 g/mol. The van der Waals surface area contributed by atoms with Crippen LogP contribution in [0.25, 0.3) is 0 Å². The van der Waals surface area contributed by atoms with Gasteiger partial charge in [0.05, 0.1) is 10.1 Å². The van der Waals surface area contributed by atoms with E-state index in [0.717, 1.165) is 0 Å². The molecule has 0 aliphatic heterocycles. The van der Waals surface area contributed by atoms with Crippen molar-refractivity contribution >= 4 is 10.1 Å². The Morgan fingerprint density at radius 3 is 2.30 bits per heavy atom. The summed E-state index contributed by atoms with van der Waals surface area (Å²) >= 11 is 0. The van der Waals surface area contributed by atoms with Crippen molar-refractivity contribution in [3.8, 4) is 0 Å². The fourth-order valence-electron chi connectivity index (χ4n) is 0.380. The molecule has 0 fully saturated rings. The summed E-state index contributed by atoms with van der Waals surface area (Å²) in [6.45, 7) is 0.321. The average molecular weight is 176 g/mol. The first kappa shape index (κ1) is 13.5. The van der Waals surface area contributed by atoms with E-state index in [1.165, 1.54) is 7.11 Å². The Balaban J connectivity index is 0. The molecule has 0 rings (SSSR count). The van der Waals surface area contributed by atoms with E-state index >= 15 is 0 Å². The molecule has 4 nitrogen and oxygen atoms in total. The molecule has 0 aromatic carbocycles. The van der Waals surface area contributed by atoms with Crippen LogP contribution in [0.15, 0.2) is 0 Å². The molecule has 0 N–H and O–H groups in total. The zero-order chi connectivity index (χ0) is 7.33. The van der Waals surface area contributed by atoms with Crippen LogP contribution in [-0.4, -0.2) is 32.4 Å². The van der Waals surface area contributed by atoms with E-state index in [2.05, 4.69) is 4.74 Å². The molecule has 0 amide bonds. The van der Waals surface area contributed by atoms with E-state index in [9.17, 15) is 13.0 Å². The van der Waals surface area contributed by atoms with Crippen LogP contribution in [0.2, 0.25) is 0 Å². The predicted molar refractivity (Wildman–Crippen MR) is 31.1 cm³/mol. The molecule has 0 bridgehead atoms. The molecular formula is C4H9NaO4S. The van der Waals surface area contributed by atoms with E-state index in [4.69, 9.17) is 0 Å². The van der Waals surface area contributed by atoms with Crippen LogP contribution in [0.3, 0.4) is 0 Å². The minimum Gasteiger partial charge on any atom is -0.748 e. The first-order valence-corrected chi connectivity index (χ1v) is 4.06. The fourth-order valence-corrected chi connectivity index (χ4v) is 0.851. The summed E-state index contributed by atoms with van der Waals surface area (Å²) in [5, 5.41) is 0. The van der Waals surface area contributed by atoms with Crippen LogP contribution in [0, 0.1) is 0 Å². The number of hydrogen-bond acceptors (Lipinski definition) is 4. The Kier molecular flexibility index (Phi) is 8.85. The van der Waals surface area contributed by atoms with E-state index < -0.39 is 10.1 Å². The standard InChI is InChI=1S/C4H10O4S.Na/c1-8-3-2-4-9(5,6)7;/h2-4H2,1H3,(H,5,6,7);/q;+1/p-1. The third-order valence-electron chi connectivity index (χ3n) is 0.743. The van der Waals surface area contributed by atoms with Gasteiger partial charge in [0, 0.05) is 19.5 Å². The molecule has 0 saturated heterocycles. The third kappa shape index (κ3) is 11.6. The number of hydrogen-bond donors (Lipinski definition) is 0. The summed E-state index contributed by atoms with van der Waals surface area (Å²) in [6, 6.07) is 0. The van der Waals surface area contributed by atoms with Crippen LogP contribution >= 0.6 is 0 Å². The smallest absolute Gasteiger partial charge is 0.748 e. The van der Waals surface area contributed by atoms with Gasteiger partial charge in [-0.05, 0) is 6.42 Å². The van der Waals surface area contributed by atoms with Gasteiger partial charge in [0.2, 0.25) is 0 Å². The summed E-state index contributed by atoms with van der Waals surface area (Å²) in [5.41, 5.74) is 0. The zero-order valence-electron chi connectivity index (χ0n) is 6.16. The van der Waals surface area contributed by atoms with Crippen molar-refractivity contribution in [1.29, 1.82) is 0 Å². The van der Waals surface area contributed by atoms with Crippen molar-refractivity contribution in [1.82, 2.24) is 0 Å². The molecule has 10 heavy (non-hydrogen) atoms. The molecule has 0 unspecified atom stereocenters. The summed E-state index contributed by atoms with van der Waals surface area (Å²) in [6.07, 6.45) is 0.280. The van der Waals surface area contributed by atoms with Crippen molar-refractivity contribution in [3.05, 3.63) is 0 Å². The van der Waals surface area contributed by atoms with Crippen molar-refractivity contribution in [2.75, 3.05) is 19.5 Å². The second-order valence-corrected chi connectivity index (χ2v) is 3.13. The Bertz CT molecular complexity index is 153.